The van der Waals surface area contributed by atoms with Gasteiger partial charge < -0.3 is 10.1 Å². The van der Waals surface area contributed by atoms with Crippen LogP contribution in [0.4, 0.5) is 0 Å². The predicted molar refractivity (Wildman–Crippen MR) is 74.4 cm³/mol. The summed E-state index contributed by atoms with van der Waals surface area (Å²) in [5.74, 6) is 1.31. The topological polar surface area (TPSA) is 47.0 Å². The Morgan fingerprint density at radius 3 is 2.68 bits per heavy atom. The van der Waals surface area contributed by atoms with E-state index in [1.807, 2.05) is 24.3 Å². The van der Waals surface area contributed by atoms with Crippen molar-refractivity contribution in [1.82, 2.24) is 15.3 Å². The molecular formula is C14H14ClN3O. The van der Waals surface area contributed by atoms with Crippen molar-refractivity contribution in [2.75, 3.05) is 13.1 Å². The lowest BCUT2D eigenvalue weighted by atomic mass is 10.2. The first-order chi connectivity index (χ1) is 9.33. The first-order valence-electron chi connectivity index (χ1n) is 6.27. The zero-order valence-electron chi connectivity index (χ0n) is 10.3. The van der Waals surface area contributed by atoms with Crippen molar-refractivity contribution in [2.24, 2.45) is 0 Å². The van der Waals surface area contributed by atoms with Gasteiger partial charge in [-0.3, -0.25) is 0 Å². The van der Waals surface area contributed by atoms with Gasteiger partial charge in [-0.25, -0.2) is 9.97 Å². The van der Waals surface area contributed by atoms with Crippen molar-refractivity contribution in [3.63, 3.8) is 0 Å². The molecule has 0 aliphatic carbocycles. The van der Waals surface area contributed by atoms with Crippen LogP contribution >= 0.6 is 11.6 Å². The fraction of sp³-hybridized carbons (Fsp3) is 0.286. The molecule has 4 nitrogen and oxygen atoms in total. The Morgan fingerprint density at radius 1 is 1.21 bits per heavy atom. The van der Waals surface area contributed by atoms with Gasteiger partial charge in [-0.2, -0.15) is 0 Å². The number of hydrogen-bond donors (Lipinski definition) is 1. The molecule has 1 atom stereocenters. The summed E-state index contributed by atoms with van der Waals surface area (Å²) in [6.07, 6.45) is 4.63. The van der Waals surface area contributed by atoms with E-state index in [9.17, 15) is 0 Å². The van der Waals surface area contributed by atoms with Gasteiger partial charge in [0.05, 0.1) is 17.4 Å². The molecule has 1 aromatic carbocycles. The van der Waals surface area contributed by atoms with E-state index in [4.69, 9.17) is 16.3 Å². The molecule has 0 amide bonds. The van der Waals surface area contributed by atoms with Gasteiger partial charge in [0.25, 0.3) is 0 Å². The van der Waals surface area contributed by atoms with E-state index in [0.29, 0.717) is 16.6 Å². The lowest BCUT2D eigenvalue weighted by Gasteiger charge is -2.11. The standard InChI is InChI=1S/C14H14ClN3O/c15-13-4-2-1-3-12(13)14-17-8-11(9-18-14)19-10-5-6-16-7-10/h1-4,8-10,16H,5-7H2. The normalized spacial score (nSPS) is 18.5. The molecule has 5 heteroatoms. The molecule has 98 valence electrons. The molecule has 0 spiro atoms. The maximum atomic E-state index is 6.12. The summed E-state index contributed by atoms with van der Waals surface area (Å²) >= 11 is 6.12. The predicted octanol–water partition coefficient (Wildman–Crippen LogP) is 2.54. The van der Waals surface area contributed by atoms with Crippen LogP contribution in [0.2, 0.25) is 5.02 Å². The average molecular weight is 276 g/mol. The van der Waals surface area contributed by atoms with Crippen LogP contribution in [0, 0.1) is 0 Å². The number of aromatic nitrogens is 2. The van der Waals surface area contributed by atoms with Crippen LogP contribution < -0.4 is 10.1 Å². The Morgan fingerprint density at radius 2 is 2.00 bits per heavy atom. The van der Waals surface area contributed by atoms with Crippen molar-refractivity contribution in [3.05, 3.63) is 41.7 Å². The second-order valence-electron chi connectivity index (χ2n) is 4.45. The molecule has 1 aliphatic rings. The van der Waals surface area contributed by atoms with Crippen molar-refractivity contribution >= 4 is 11.6 Å². The summed E-state index contributed by atoms with van der Waals surface area (Å²) in [5, 5.41) is 3.90. The van der Waals surface area contributed by atoms with Crippen LogP contribution in [0.3, 0.4) is 0 Å². The van der Waals surface area contributed by atoms with Gasteiger partial charge >= 0.3 is 0 Å². The van der Waals surface area contributed by atoms with Crippen LogP contribution in [-0.4, -0.2) is 29.2 Å². The highest BCUT2D eigenvalue weighted by molar-refractivity contribution is 6.33. The van der Waals surface area contributed by atoms with Gasteiger partial charge in [0.1, 0.15) is 6.10 Å². The molecule has 1 aromatic heterocycles. The third-order valence-corrected chi connectivity index (χ3v) is 3.39. The van der Waals surface area contributed by atoms with Crippen molar-refractivity contribution in [2.45, 2.75) is 12.5 Å². The summed E-state index contributed by atoms with van der Waals surface area (Å²) in [5.41, 5.74) is 0.832. The van der Waals surface area contributed by atoms with E-state index in [0.717, 1.165) is 25.1 Å². The second-order valence-corrected chi connectivity index (χ2v) is 4.86. The SMILES string of the molecule is Clc1ccccc1-c1ncc(OC2CCNC2)cn1. The summed E-state index contributed by atoms with van der Waals surface area (Å²) in [6, 6.07) is 7.53. The Kier molecular flexibility index (Phi) is 3.62. The lowest BCUT2D eigenvalue weighted by molar-refractivity contribution is 0.221. The van der Waals surface area contributed by atoms with Gasteiger partial charge in [-0.15, -0.1) is 0 Å². The summed E-state index contributed by atoms with van der Waals surface area (Å²) < 4.78 is 5.78. The van der Waals surface area contributed by atoms with Gasteiger partial charge in [0.15, 0.2) is 11.6 Å². The Labute approximate surface area is 116 Å². The highest BCUT2D eigenvalue weighted by Gasteiger charge is 2.16. The van der Waals surface area contributed by atoms with Gasteiger partial charge in [-0.05, 0) is 25.1 Å². The number of nitrogens with zero attached hydrogens (tertiary/aromatic N) is 2. The maximum Gasteiger partial charge on any atom is 0.160 e. The molecule has 1 fully saturated rings. The molecule has 1 unspecified atom stereocenters. The number of nitrogens with one attached hydrogen (secondary N) is 1. The third-order valence-electron chi connectivity index (χ3n) is 3.06. The van der Waals surface area contributed by atoms with E-state index in [2.05, 4.69) is 15.3 Å². The molecule has 3 rings (SSSR count). The largest absolute Gasteiger partial charge is 0.486 e. The fourth-order valence-electron chi connectivity index (χ4n) is 2.08. The van der Waals surface area contributed by atoms with Crippen LogP contribution in [-0.2, 0) is 0 Å². The minimum absolute atomic E-state index is 0.217. The lowest BCUT2D eigenvalue weighted by Crippen LogP contribution is -2.19. The molecular weight excluding hydrogens is 262 g/mol. The highest BCUT2D eigenvalue weighted by Crippen LogP contribution is 2.25. The molecule has 2 aromatic rings. The minimum Gasteiger partial charge on any atom is -0.486 e. The van der Waals surface area contributed by atoms with E-state index in [1.54, 1.807) is 12.4 Å². The number of ether oxygens (including phenoxy) is 1. The fourth-order valence-corrected chi connectivity index (χ4v) is 2.30. The Balaban J connectivity index is 1.77. The van der Waals surface area contributed by atoms with Crippen LogP contribution in [0.5, 0.6) is 5.75 Å². The number of benzene rings is 1. The van der Waals surface area contributed by atoms with Crippen LogP contribution in [0.25, 0.3) is 11.4 Å². The molecule has 1 aliphatic heterocycles. The van der Waals surface area contributed by atoms with Crippen molar-refractivity contribution < 1.29 is 4.74 Å². The highest BCUT2D eigenvalue weighted by atomic mass is 35.5. The maximum absolute atomic E-state index is 6.12. The summed E-state index contributed by atoms with van der Waals surface area (Å²) in [4.78, 5) is 8.62. The third kappa shape index (κ3) is 2.85. The minimum atomic E-state index is 0.217. The molecule has 1 N–H and O–H groups in total. The smallest absolute Gasteiger partial charge is 0.160 e. The first-order valence-corrected chi connectivity index (χ1v) is 6.65. The zero-order chi connectivity index (χ0) is 13.1. The van der Waals surface area contributed by atoms with Gasteiger partial charge in [-0.1, -0.05) is 23.7 Å². The zero-order valence-corrected chi connectivity index (χ0v) is 11.1. The van der Waals surface area contributed by atoms with E-state index in [1.165, 1.54) is 0 Å². The number of hydrogen-bond acceptors (Lipinski definition) is 4. The molecule has 0 bridgehead atoms. The summed E-state index contributed by atoms with van der Waals surface area (Å²) in [6.45, 7) is 1.88. The van der Waals surface area contributed by atoms with Crippen LogP contribution in [0.1, 0.15) is 6.42 Å². The van der Waals surface area contributed by atoms with E-state index < -0.39 is 0 Å². The number of rotatable bonds is 3. The molecule has 0 radical (unpaired) electrons. The van der Waals surface area contributed by atoms with Crippen molar-refractivity contribution in [1.29, 1.82) is 0 Å². The Hall–Kier alpha value is -1.65. The second kappa shape index (κ2) is 5.55. The first kappa shape index (κ1) is 12.4. The van der Waals surface area contributed by atoms with E-state index >= 15 is 0 Å². The van der Waals surface area contributed by atoms with Gasteiger partial charge in [0, 0.05) is 12.1 Å². The molecule has 1 saturated heterocycles. The molecule has 19 heavy (non-hydrogen) atoms. The average Bonchev–Trinajstić information content (AvgIpc) is 2.93. The quantitative estimate of drug-likeness (QED) is 0.935. The van der Waals surface area contributed by atoms with Gasteiger partial charge in [0.2, 0.25) is 0 Å². The monoisotopic (exact) mass is 275 g/mol. The Bertz CT molecular complexity index is 553. The molecule has 0 saturated carbocycles. The molecule has 2 heterocycles. The van der Waals surface area contributed by atoms with Crippen LogP contribution in [0.15, 0.2) is 36.7 Å². The van der Waals surface area contributed by atoms with Crippen molar-refractivity contribution in [3.8, 4) is 17.1 Å². The number of halogens is 1. The van der Waals surface area contributed by atoms with E-state index in [-0.39, 0.29) is 6.10 Å². The summed E-state index contributed by atoms with van der Waals surface area (Å²) in [7, 11) is 0.